The normalized spacial score (nSPS) is 24.4. The number of hydrazone groups is 1. The van der Waals surface area contributed by atoms with Gasteiger partial charge in [-0.1, -0.05) is 68.3 Å². The molecule has 0 aromatic heterocycles. The molecule has 0 N–H and O–H groups in total. The minimum absolute atomic E-state index is 0.313. The van der Waals surface area contributed by atoms with Crippen molar-refractivity contribution in [1.82, 2.24) is 5.01 Å². The standard InChI is InChI=1S/C21H20Br2N2/c1-25-21(16-9-3-5-12-19(16)23)17-10-6-8-15(20(17)24-25)13-14-7-2-4-11-18(14)22/h2-5,7,9,11-13,17,21H,6,8,10H2,1H3/b15-13+. The molecule has 4 rings (SSSR count). The molecule has 1 aliphatic heterocycles. The van der Waals surface area contributed by atoms with Gasteiger partial charge in [-0.15, -0.1) is 0 Å². The highest BCUT2D eigenvalue weighted by atomic mass is 79.9. The second kappa shape index (κ2) is 7.08. The molecular weight excluding hydrogens is 440 g/mol. The zero-order valence-electron chi connectivity index (χ0n) is 14.1. The van der Waals surface area contributed by atoms with Gasteiger partial charge in [-0.2, -0.15) is 5.10 Å². The highest BCUT2D eigenvalue weighted by molar-refractivity contribution is 9.10. The summed E-state index contributed by atoms with van der Waals surface area (Å²) >= 11 is 7.39. The summed E-state index contributed by atoms with van der Waals surface area (Å²) < 4.78 is 2.31. The third-order valence-corrected chi connectivity index (χ3v) is 6.59. The molecule has 1 saturated carbocycles. The Balaban J connectivity index is 1.71. The van der Waals surface area contributed by atoms with E-state index in [4.69, 9.17) is 5.10 Å². The SMILES string of the molecule is CN1N=C2/C(=C/c3ccccc3Br)CCCC2C1c1ccccc1Br. The van der Waals surface area contributed by atoms with Gasteiger partial charge in [0.1, 0.15) is 0 Å². The molecule has 1 aliphatic carbocycles. The van der Waals surface area contributed by atoms with Crippen LogP contribution >= 0.6 is 31.9 Å². The van der Waals surface area contributed by atoms with E-state index in [1.54, 1.807) is 0 Å². The summed E-state index contributed by atoms with van der Waals surface area (Å²) in [5.74, 6) is 0.464. The van der Waals surface area contributed by atoms with Crippen molar-refractivity contribution in [1.29, 1.82) is 0 Å². The molecule has 0 spiro atoms. The van der Waals surface area contributed by atoms with Crippen molar-refractivity contribution < 1.29 is 0 Å². The van der Waals surface area contributed by atoms with Gasteiger partial charge in [0.2, 0.25) is 0 Å². The average molecular weight is 460 g/mol. The second-order valence-electron chi connectivity index (χ2n) is 6.72. The first-order chi connectivity index (χ1) is 12.1. The maximum absolute atomic E-state index is 4.96. The van der Waals surface area contributed by atoms with Crippen LogP contribution in [-0.4, -0.2) is 17.8 Å². The van der Waals surface area contributed by atoms with E-state index in [1.807, 2.05) is 0 Å². The molecule has 0 amide bonds. The summed E-state index contributed by atoms with van der Waals surface area (Å²) in [6, 6.07) is 17.2. The van der Waals surface area contributed by atoms with E-state index in [0.29, 0.717) is 12.0 Å². The molecule has 2 atom stereocenters. The first kappa shape index (κ1) is 17.0. The van der Waals surface area contributed by atoms with Crippen LogP contribution in [0.4, 0.5) is 0 Å². The van der Waals surface area contributed by atoms with E-state index in [9.17, 15) is 0 Å². The average Bonchev–Trinajstić information content (AvgIpc) is 2.94. The minimum Gasteiger partial charge on any atom is -0.292 e. The Labute approximate surface area is 165 Å². The molecule has 2 aliphatic rings. The molecule has 2 nitrogen and oxygen atoms in total. The van der Waals surface area contributed by atoms with Crippen LogP contribution in [0.5, 0.6) is 0 Å². The molecule has 1 fully saturated rings. The topological polar surface area (TPSA) is 15.6 Å². The molecule has 2 aromatic rings. The predicted octanol–water partition coefficient (Wildman–Crippen LogP) is 6.44. The fourth-order valence-corrected chi connectivity index (χ4v) is 4.93. The number of benzene rings is 2. The van der Waals surface area contributed by atoms with Gasteiger partial charge >= 0.3 is 0 Å². The fraction of sp³-hybridized carbons (Fsp3) is 0.286. The maximum Gasteiger partial charge on any atom is 0.0812 e. The van der Waals surface area contributed by atoms with Gasteiger partial charge in [-0.05, 0) is 54.2 Å². The molecule has 1 heterocycles. The monoisotopic (exact) mass is 458 g/mol. The molecule has 2 unspecified atom stereocenters. The Hall–Kier alpha value is -1.39. The number of hydrogen-bond acceptors (Lipinski definition) is 2. The lowest BCUT2D eigenvalue weighted by molar-refractivity contribution is 0.241. The minimum atomic E-state index is 0.313. The van der Waals surface area contributed by atoms with Gasteiger partial charge in [0.25, 0.3) is 0 Å². The number of halogens is 2. The maximum atomic E-state index is 4.96. The third-order valence-electron chi connectivity index (χ3n) is 5.15. The zero-order chi connectivity index (χ0) is 17.4. The smallest absolute Gasteiger partial charge is 0.0812 e. The van der Waals surface area contributed by atoms with E-state index < -0.39 is 0 Å². The molecule has 2 aromatic carbocycles. The number of nitrogens with zero attached hydrogens (tertiary/aromatic N) is 2. The van der Waals surface area contributed by atoms with Crippen molar-refractivity contribution in [3.63, 3.8) is 0 Å². The van der Waals surface area contributed by atoms with Crippen LogP contribution in [0.25, 0.3) is 6.08 Å². The van der Waals surface area contributed by atoms with Gasteiger partial charge in [-0.25, -0.2) is 0 Å². The van der Waals surface area contributed by atoms with Crippen LogP contribution in [0.15, 0.2) is 68.2 Å². The van der Waals surface area contributed by atoms with Crippen LogP contribution in [-0.2, 0) is 0 Å². The summed E-state index contributed by atoms with van der Waals surface area (Å²) in [5, 5.41) is 7.11. The molecule has 4 heteroatoms. The molecule has 128 valence electrons. The Morgan fingerprint density at radius 2 is 1.76 bits per heavy atom. The number of rotatable bonds is 2. The Bertz CT molecular complexity index is 856. The summed E-state index contributed by atoms with van der Waals surface area (Å²) in [4.78, 5) is 0. The first-order valence-corrected chi connectivity index (χ1v) is 10.2. The van der Waals surface area contributed by atoms with Gasteiger partial charge < -0.3 is 0 Å². The summed E-state index contributed by atoms with van der Waals surface area (Å²) in [7, 11) is 2.10. The van der Waals surface area contributed by atoms with Crippen LogP contribution in [0.3, 0.4) is 0 Å². The Morgan fingerprint density at radius 1 is 1.04 bits per heavy atom. The lowest BCUT2D eigenvalue weighted by Gasteiger charge is -2.29. The highest BCUT2D eigenvalue weighted by Gasteiger charge is 2.40. The first-order valence-electron chi connectivity index (χ1n) is 8.66. The highest BCUT2D eigenvalue weighted by Crippen LogP contribution is 2.45. The fourth-order valence-electron chi connectivity index (χ4n) is 4.01. The van der Waals surface area contributed by atoms with Gasteiger partial charge in [-0.3, -0.25) is 5.01 Å². The second-order valence-corrected chi connectivity index (χ2v) is 8.42. The molecule has 0 radical (unpaired) electrons. The van der Waals surface area contributed by atoms with Crippen molar-refractivity contribution in [2.45, 2.75) is 25.3 Å². The number of hydrogen-bond donors (Lipinski definition) is 0. The summed E-state index contributed by atoms with van der Waals surface area (Å²) in [6.45, 7) is 0. The molecule has 0 saturated heterocycles. The van der Waals surface area contributed by atoms with E-state index in [2.05, 4.69) is 98.5 Å². The lowest BCUT2D eigenvalue weighted by Crippen LogP contribution is -2.26. The molecule has 0 bridgehead atoms. The van der Waals surface area contributed by atoms with Gasteiger partial charge in [0.05, 0.1) is 11.8 Å². The third kappa shape index (κ3) is 3.22. The summed E-state index contributed by atoms with van der Waals surface area (Å²) in [6.07, 6.45) is 5.83. The zero-order valence-corrected chi connectivity index (χ0v) is 17.3. The predicted molar refractivity (Wildman–Crippen MR) is 112 cm³/mol. The van der Waals surface area contributed by atoms with Crippen LogP contribution in [0.2, 0.25) is 0 Å². The molecular formula is C21H20Br2N2. The van der Waals surface area contributed by atoms with Crippen LogP contribution < -0.4 is 0 Å². The van der Waals surface area contributed by atoms with E-state index in [-0.39, 0.29) is 0 Å². The summed E-state index contributed by atoms with van der Waals surface area (Å²) in [5.41, 5.74) is 5.21. The van der Waals surface area contributed by atoms with Crippen molar-refractivity contribution in [2.24, 2.45) is 11.0 Å². The quantitative estimate of drug-likeness (QED) is 0.504. The van der Waals surface area contributed by atoms with Crippen LogP contribution in [0, 0.1) is 5.92 Å². The molecule has 25 heavy (non-hydrogen) atoms. The van der Waals surface area contributed by atoms with Crippen molar-refractivity contribution in [2.75, 3.05) is 7.05 Å². The van der Waals surface area contributed by atoms with Crippen LogP contribution in [0.1, 0.15) is 36.4 Å². The van der Waals surface area contributed by atoms with E-state index >= 15 is 0 Å². The van der Waals surface area contributed by atoms with E-state index in [0.717, 1.165) is 10.9 Å². The van der Waals surface area contributed by atoms with E-state index in [1.165, 1.54) is 39.7 Å². The number of fused-ring (bicyclic) bond motifs is 1. The van der Waals surface area contributed by atoms with Crippen molar-refractivity contribution >= 4 is 43.6 Å². The van der Waals surface area contributed by atoms with Gasteiger partial charge in [0, 0.05) is 21.9 Å². The lowest BCUT2D eigenvalue weighted by atomic mass is 9.77. The Kier molecular flexibility index (Phi) is 4.83. The van der Waals surface area contributed by atoms with Crippen molar-refractivity contribution in [3.8, 4) is 0 Å². The van der Waals surface area contributed by atoms with Gasteiger partial charge in [0.15, 0.2) is 0 Å². The largest absolute Gasteiger partial charge is 0.292 e. The number of allylic oxidation sites excluding steroid dienone is 1. The Morgan fingerprint density at radius 3 is 2.52 bits per heavy atom. The van der Waals surface area contributed by atoms with Crippen molar-refractivity contribution in [3.05, 3.63) is 74.2 Å².